The Hall–Kier alpha value is -3.59. The number of aromatic nitrogens is 3. The molecule has 6 heteroatoms. The molecule has 1 saturated carbocycles. The molecule has 0 bridgehead atoms. The topological polar surface area (TPSA) is 71.6 Å². The molecule has 0 amide bonds. The highest BCUT2D eigenvalue weighted by Crippen LogP contribution is 2.51. The van der Waals surface area contributed by atoms with Crippen LogP contribution in [0.5, 0.6) is 0 Å². The Morgan fingerprint density at radius 2 is 2.03 bits per heavy atom. The van der Waals surface area contributed by atoms with Crippen LogP contribution in [0.3, 0.4) is 0 Å². The summed E-state index contributed by atoms with van der Waals surface area (Å²) in [7, 11) is 0. The summed E-state index contributed by atoms with van der Waals surface area (Å²) < 4.78 is 16.4. The fourth-order valence-electron chi connectivity index (χ4n) is 5.99. The van der Waals surface area contributed by atoms with Gasteiger partial charge in [0.05, 0.1) is 17.0 Å². The average Bonchev–Trinajstić information content (AvgIpc) is 3.61. The zero-order valence-corrected chi connectivity index (χ0v) is 19.3. The largest absolute Gasteiger partial charge is 0.296 e. The lowest BCUT2D eigenvalue weighted by Gasteiger charge is -2.44. The predicted molar refractivity (Wildman–Crippen MR) is 126 cm³/mol. The minimum Gasteiger partial charge on any atom is -0.296 e. The standard InChI is InChI=1S/C28H25FN4O/c1-16-22-8-9-24-26(28(22,2)14-19(15-30)25(16)34)32-27(33(24)21-5-3-4-20(29)13-21)18-10-11-31-23(12-18)17-6-7-17/h3-5,10-14,16-17,22H,6-9H2,1-2H3/t16-,22-,28-/m1/s1. The Kier molecular flexibility index (Phi) is 4.60. The number of nitriles is 1. The summed E-state index contributed by atoms with van der Waals surface area (Å²) in [6.07, 6.45) is 7.49. The number of hydrogen-bond donors (Lipinski definition) is 0. The lowest BCUT2D eigenvalue weighted by Crippen LogP contribution is -2.45. The van der Waals surface area contributed by atoms with Gasteiger partial charge >= 0.3 is 0 Å². The Morgan fingerprint density at radius 1 is 1.21 bits per heavy atom. The lowest BCUT2D eigenvalue weighted by molar-refractivity contribution is -0.121. The number of benzene rings is 1. The summed E-state index contributed by atoms with van der Waals surface area (Å²) in [6.45, 7) is 4.01. The van der Waals surface area contributed by atoms with Gasteiger partial charge in [-0.3, -0.25) is 14.3 Å². The monoisotopic (exact) mass is 452 g/mol. The lowest BCUT2D eigenvalue weighted by atomic mass is 9.58. The van der Waals surface area contributed by atoms with Crippen LogP contribution in [0.25, 0.3) is 17.1 Å². The van der Waals surface area contributed by atoms with E-state index in [0.29, 0.717) is 5.92 Å². The van der Waals surface area contributed by atoms with Crippen molar-refractivity contribution in [3.8, 4) is 23.1 Å². The first-order valence-electron chi connectivity index (χ1n) is 11.9. The average molecular weight is 453 g/mol. The van der Waals surface area contributed by atoms with Gasteiger partial charge in [0, 0.05) is 40.4 Å². The minimum absolute atomic E-state index is 0.0628. The first-order chi connectivity index (χ1) is 16.4. The van der Waals surface area contributed by atoms with Crippen LogP contribution in [0.4, 0.5) is 4.39 Å². The van der Waals surface area contributed by atoms with Gasteiger partial charge in [-0.2, -0.15) is 5.26 Å². The second-order valence-electron chi connectivity index (χ2n) is 10.0. The van der Waals surface area contributed by atoms with Crippen LogP contribution in [0.1, 0.15) is 56.1 Å². The van der Waals surface area contributed by atoms with Crippen LogP contribution in [0, 0.1) is 29.0 Å². The zero-order valence-electron chi connectivity index (χ0n) is 19.3. The third-order valence-corrected chi connectivity index (χ3v) is 7.89. The number of hydrogen-bond acceptors (Lipinski definition) is 4. The second kappa shape index (κ2) is 7.46. The van der Waals surface area contributed by atoms with Crippen LogP contribution in [-0.2, 0) is 16.6 Å². The molecule has 3 aliphatic rings. The number of imidazole rings is 1. The molecule has 1 fully saturated rings. The smallest absolute Gasteiger partial charge is 0.176 e. The summed E-state index contributed by atoms with van der Waals surface area (Å²) in [4.78, 5) is 22.5. The number of nitrogens with zero attached hydrogens (tertiary/aromatic N) is 4. The molecule has 2 aromatic heterocycles. The van der Waals surface area contributed by atoms with Crippen molar-refractivity contribution in [2.45, 2.75) is 50.9 Å². The molecule has 2 heterocycles. The molecule has 1 aromatic carbocycles. The molecule has 3 atom stereocenters. The zero-order chi connectivity index (χ0) is 23.6. The first-order valence-corrected chi connectivity index (χ1v) is 11.9. The van der Waals surface area contributed by atoms with Crippen molar-refractivity contribution in [2.75, 3.05) is 0 Å². The number of rotatable bonds is 3. The van der Waals surface area contributed by atoms with Crippen molar-refractivity contribution in [1.82, 2.24) is 14.5 Å². The number of ketones is 1. The molecule has 6 rings (SSSR count). The molecule has 0 saturated heterocycles. The maximum absolute atomic E-state index is 14.3. The van der Waals surface area contributed by atoms with E-state index >= 15 is 0 Å². The number of Topliss-reactive ketones (excluding diaryl/α,β-unsaturated/α-hetero) is 1. The highest BCUT2D eigenvalue weighted by Gasteiger charge is 2.50. The van der Waals surface area contributed by atoms with Gasteiger partial charge in [0.2, 0.25) is 0 Å². The maximum atomic E-state index is 14.3. The Balaban J connectivity index is 1.61. The van der Waals surface area contributed by atoms with Crippen molar-refractivity contribution in [3.05, 3.63) is 77.1 Å². The molecule has 0 N–H and O–H groups in total. The molecule has 0 unspecified atom stereocenters. The van der Waals surface area contributed by atoms with Crippen molar-refractivity contribution in [1.29, 1.82) is 5.26 Å². The number of fused-ring (bicyclic) bond motifs is 3. The fourth-order valence-corrected chi connectivity index (χ4v) is 5.99. The van der Waals surface area contributed by atoms with Gasteiger partial charge in [-0.25, -0.2) is 9.37 Å². The summed E-state index contributed by atoms with van der Waals surface area (Å²) in [5.41, 5.74) is 4.28. The molecule has 0 spiro atoms. The minimum atomic E-state index is -0.550. The predicted octanol–water partition coefficient (Wildman–Crippen LogP) is 5.44. The molecule has 34 heavy (non-hydrogen) atoms. The van der Waals surface area contributed by atoms with E-state index in [-0.39, 0.29) is 29.0 Å². The number of allylic oxidation sites excluding steroid dienone is 2. The summed E-state index contributed by atoms with van der Waals surface area (Å²) in [5, 5.41) is 9.65. The Morgan fingerprint density at radius 3 is 2.76 bits per heavy atom. The second-order valence-corrected chi connectivity index (χ2v) is 10.0. The van der Waals surface area contributed by atoms with E-state index in [0.717, 1.165) is 59.8 Å². The number of carbonyl (C=O) groups is 1. The Bertz CT molecular complexity index is 1410. The molecule has 3 aromatic rings. The Labute approximate surface area is 198 Å². The van der Waals surface area contributed by atoms with Crippen molar-refractivity contribution < 1.29 is 9.18 Å². The summed E-state index contributed by atoms with van der Waals surface area (Å²) in [5.74, 6) is 0.679. The molecule has 170 valence electrons. The van der Waals surface area contributed by atoms with Crippen LogP contribution >= 0.6 is 0 Å². The van der Waals surface area contributed by atoms with Gasteiger partial charge in [0.1, 0.15) is 17.7 Å². The molecule has 0 aliphatic heterocycles. The van der Waals surface area contributed by atoms with E-state index in [1.54, 1.807) is 6.07 Å². The highest BCUT2D eigenvalue weighted by atomic mass is 19.1. The van der Waals surface area contributed by atoms with Crippen molar-refractivity contribution in [3.63, 3.8) is 0 Å². The first kappa shape index (κ1) is 21.0. The summed E-state index contributed by atoms with van der Waals surface area (Å²) >= 11 is 0. The fraction of sp³-hybridized carbons (Fsp3) is 0.357. The van der Waals surface area contributed by atoms with E-state index < -0.39 is 5.41 Å². The van der Waals surface area contributed by atoms with Crippen LogP contribution in [-0.4, -0.2) is 20.3 Å². The van der Waals surface area contributed by atoms with E-state index in [9.17, 15) is 14.4 Å². The van der Waals surface area contributed by atoms with Crippen LogP contribution in [0.15, 0.2) is 54.2 Å². The molecular formula is C28H25FN4O. The van der Waals surface area contributed by atoms with Crippen LogP contribution in [0.2, 0.25) is 0 Å². The third kappa shape index (κ3) is 3.07. The van der Waals surface area contributed by atoms with Gasteiger partial charge in [0.25, 0.3) is 0 Å². The van der Waals surface area contributed by atoms with Gasteiger partial charge in [-0.05, 0) is 61.9 Å². The maximum Gasteiger partial charge on any atom is 0.176 e. The number of carbonyl (C=O) groups excluding carboxylic acids is 1. The highest BCUT2D eigenvalue weighted by molar-refractivity contribution is 6.02. The third-order valence-electron chi connectivity index (χ3n) is 7.89. The van der Waals surface area contributed by atoms with Gasteiger partial charge in [-0.1, -0.05) is 26.0 Å². The van der Waals surface area contributed by atoms with Gasteiger partial charge in [-0.15, -0.1) is 0 Å². The van der Waals surface area contributed by atoms with E-state index in [4.69, 9.17) is 4.98 Å². The van der Waals surface area contributed by atoms with E-state index in [2.05, 4.69) is 28.6 Å². The van der Waals surface area contributed by atoms with Gasteiger partial charge in [0.15, 0.2) is 5.78 Å². The van der Waals surface area contributed by atoms with Crippen molar-refractivity contribution >= 4 is 5.78 Å². The molecule has 0 radical (unpaired) electrons. The normalized spacial score (nSPS) is 25.8. The van der Waals surface area contributed by atoms with Crippen LogP contribution < -0.4 is 0 Å². The van der Waals surface area contributed by atoms with Gasteiger partial charge < -0.3 is 0 Å². The SMILES string of the molecule is C[C@H]1C(=O)C(C#N)=C[C@@]2(C)c3nc(-c4ccnc(C5CC5)c4)n(-c4cccc(F)c4)c3CC[C@H]12. The quantitative estimate of drug-likeness (QED) is 0.531. The summed E-state index contributed by atoms with van der Waals surface area (Å²) in [6, 6.07) is 12.8. The van der Waals surface area contributed by atoms with Crippen molar-refractivity contribution in [2.24, 2.45) is 11.8 Å². The van der Waals surface area contributed by atoms with E-state index in [1.807, 2.05) is 31.3 Å². The molecular weight excluding hydrogens is 427 g/mol. The number of pyridine rings is 1. The molecule has 5 nitrogen and oxygen atoms in total. The molecule has 3 aliphatic carbocycles. The van der Waals surface area contributed by atoms with E-state index in [1.165, 1.54) is 12.1 Å². The number of halogens is 1.